The first-order chi connectivity index (χ1) is 29.6. The van der Waals surface area contributed by atoms with Gasteiger partial charge in [-0.05, 0) is 132 Å². The van der Waals surface area contributed by atoms with Crippen molar-refractivity contribution in [1.82, 2.24) is 28.7 Å². The van der Waals surface area contributed by atoms with Crippen molar-refractivity contribution in [3.63, 3.8) is 0 Å². The number of fused-ring (bicyclic) bond motifs is 9. The van der Waals surface area contributed by atoms with E-state index >= 15 is 0 Å². The van der Waals surface area contributed by atoms with E-state index in [9.17, 15) is 0 Å². The number of para-hydroxylation sites is 2. The fraction of sp³-hybridized carbons (Fsp3) is 0. The van der Waals surface area contributed by atoms with Gasteiger partial charge in [0, 0.05) is 55.8 Å². The molecule has 11 rings (SSSR count). The van der Waals surface area contributed by atoms with E-state index in [2.05, 4.69) is 172 Å². The molecule has 0 saturated heterocycles. The van der Waals surface area contributed by atoms with Crippen LogP contribution in [0.15, 0.2) is 164 Å². The highest BCUT2D eigenvalue weighted by Gasteiger charge is 2.14. The minimum Gasteiger partial charge on any atom is -0.355 e. The summed E-state index contributed by atoms with van der Waals surface area (Å²) in [5, 5.41) is 0. The van der Waals surface area contributed by atoms with Crippen LogP contribution in [-0.2, 0) is 0 Å². The van der Waals surface area contributed by atoms with Crippen molar-refractivity contribution >= 4 is 86.2 Å². The van der Waals surface area contributed by atoms with Crippen LogP contribution in [0.25, 0.3) is 79.7 Å². The summed E-state index contributed by atoms with van der Waals surface area (Å²) in [5.74, 6) is 6.76. The number of nitrogens with zero attached hydrogens (tertiary/aromatic N) is 5. The Hall–Kier alpha value is -8.12. The van der Waals surface area contributed by atoms with Crippen LogP contribution in [0.3, 0.4) is 0 Å². The van der Waals surface area contributed by atoms with Crippen LogP contribution >= 0.6 is 11.7 Å². The summed E-state index contributed by atoms with van der Waals surface area (Å²) in [4.78, 5) is 19.1. The van der Waals surface area contributed by atoms with Crippen molar-refractivity contribution in [2.75, 3.05) is 4.90 Å². The highest BCUT2D eigenvalue weighted by atomic mass is 32.1. The lowest BCUT2D eigenvalue weighted by Crippen LogP contribution is -2.09. The van der Waals surface area contributed by atoms with Gasteiger partial charge in [0.25, 0.3) is 0 Å². The second-order valence-corrected chi connectivity index (χ2v) is 15.1. The van der Waals surface area contributed by atoms with Gasteiger partial charge < -0.3 is 14.9 Å². The molecule has 9 aromatic rings. The SMILES string of the molecule is C(#Cc1ccc(-c2ccc(-c3cc4cc5nc(cc6ccc(cc7nc(cc3[nH]4)C=C7)[nH]6)C=C5)cc2)c2nsnc12)c1ccc(N(c2ccccc2)c2ccccc2)cc1. The first kappa shape index (κ1) is 35.1. The molecule has 8 bridgehead atoms. The molecule has 7 nitrogen and oxygen atoms in total. The zero-order valence-electron chi connectivity index (χ0n) is 32.0. The molecule has 0 amide bonds. The Kier molecular flexibility index (Phi) is 8.77. The van der Waals surface area contributed by atoms with Crippen molar-refractivity contribution in [3.8, 4) is 34.1 Å². The first-order valence-electron chi connectivity index (χ1n) is 19.6. The maximum absolute atomic E-state index is 4.89. The third-order valence-corrected chi connectivity index (χ3v) is 11.1. The van der Waals surface area contributed by atoms with Crippen LogP contribution in [0.1, 0.15) is 33.9 Å². The molecule has 8 heteroatoms. The van der Waals surface area contributed by atoms with E-state index in [0.717, 1.165) is 106 Å². The lowest BCUT2D eigenvalue weighted by atomic mass is 9.98. The van der Waals surface area contributed by atoms with Gasteiger partial charge in [0.05, 0.1) is 40.1 Å². The van der Waals surface area contributed by atoms with E-state index in [1.54, 1.807) is 0 Å². The van der Waals surface area contributed by atoms with E-state index in [1.807, 2.05) is 42.5 Å². The Labute approximate surface area is 350 Å². The van der Waals surface area contributed by atoms with Crippen molar-refractivity contribution in [1.29, 1.82) is 0 Å². The Bertz CT molecular complexity index is 3330. The van der Waals surface area contributed by atoms with Crippen LogP contribution in [-0.4, -0.2) is 28.7 Å². The number of hydrogen-bond donors (Lipinski definition) is 2. The lowest BCUT2D eigenvalue weighted by molar-refractivity contribution is 1.28. The molecule has 0 radical (unpaired) electrons. The molecule has 6 heterocycles. The molecule has 2 aliphatic rings. The second kappa shape index (κ2) is 15.0. The molecule has 0 atom stereocenters. The van der Waals surface area contributed by atoms with Gasteiger partial charge >= 0.3 is 0 Å². The van der Waals surface area contributed by atoms with Gasteiger partial charge in [0.1, 0.15) is 11.0 Å². The smallest absolute Gasteiger partial charge is 0.121 e. The number of benzene rings is 5. The van der Waals surface area contributed by atoms with E-state index in [0.29, 0.717) is 0 Å². The van der Waals surface area contributed by atoms with Gasteiger partial charge in [0.15, 0.2) is 0 Å². The highest BCUT2D eigenvalue weighted by Crippen LogP contribution is 2.35. The van der Waals surface area contributed by atoms with Crippen LogP contribution in [0, 0.1) is 11.8 Å². The molecule has 0 aliphatic carbocycles. The number of rotatable bonds is 5. The maximum Gasteiger partial charge on any atom is 0.121 e. The standard InChI is InChI=1S/C52H33N7S/c1-3-7-45(8-4-1)59(46-9-5-2-6-10-46)47-26-12-34(13-27-47)11-14-37-19-28-48(52-51(37)57-60-58-52)35-15-17-36(18-16-35)49-32-44-31-42-23-22-40(54-42)29-38-20-21-39(53-38)30-41-24-25-43(55-41)33-50(49)56-44/h1-10,12-13,15-33,53,56H. The molecular weight excluding hydrogens is 755 g/mol. The highest BCUT2D eigenvalue weighted by molar-refractivity contribution is 7.00. The minimum absolute atomic E-state index is 0.806. The summed E-state index contributed by atoms with van der Waals surface area (Å²) in [6, 6.07) is 56.5. The van der Waals surface area contributed by atoms with E-state index in [1.165, 1.54) is 11.7 Å². The second-order valence-electron chi connectivity index (χ2n) is 14.6. The Morgan fingerprint density at radius 2 is 0.983 bits per heavy atom. The fourth-order valence-corrected chi connectivity index (χ4v) is 8.29. The molecular formula is C52H33N7S. The maximum atomic E-state index is 4.89. The summed E-state index contributed by atoms with van der Waals surface area (Å²) >= 11 is 1.21. The average molecular weight is 788 g/mol. The molecule has 2 aliphatic heterocycles. The van der Waals surface area contributed by atoms with Gasteiger partial charge in [-0.2, -0.15) is 8.75 Å². The van der Waals surface area contributed by atoms with E-state index in [-0.39, 0.29) is 0 Å². The monoisotopic (exact) mass is 787 g/mol. The number of hydrogen-bond acceptors (Lipinski definition) is 6. The number of aromatic nitrogens is 6. The molecule has 4 aromatic heterocycles. The van der Waals surface area contributed by atoms with Crippen molar-refractivity contribution in [2.45, 2.75) is 0 Å². The molecule has 282 valence electrons. The molecule has 0 saturated carbocycles. The topological polar surface area (TPSA) is 86.4 Å². The fourth-order valence-electron chi connectivity index (χ4n) is 7.72. The van der Waals surface area contributed by atoms with Crippen LogP contribution in [0.5, 0.6) is 0 Å². The molecule has 0 spiro atoms. The normalized spacial score (nSPS) is 11.7. The van der Waals surface area contributed by atoms with E-state index in [4.69, 9.17) is 18.7 Å². The predicted octanol–water partition coefficient (Wildman–Crippen LogP) is 12.9. The zero-order valence-corrected chi connectivity index (χ0v) is 32.9. The zero-order chi connectivity index (χ0) is 39.8. The summed E-state index contributed by atoms with van der Waals surface area (Å²) in [6.07, 6.45) is 8.16. The van der Waals surface area contributed by atoms with Crippen molar-refractivity contribution in [3.05, 3.63) is 198 Å². The van der Waals surface area contributed by atoms with E-state index < -0.39 is 0 Å². The van der Waals surface area contributed by atoms with Crippen LogP contribution in [0.4, 0.5) is 17.1 Å². The van der Waals surface area contributed by atoms with Gasteiger partial charge in [0.2, 0.25) is 0 Å². The molecule has 5 aromatic carbocycles. The molecule has 60 heavy (non-hydrogen) atoms. The summed E-state index contributed by atoms with van der Waals surface area (Å²) in [7, 11) is 0. The average Bonchev–Trinajstić information content (AvgIpc) is 4.15. The quantitative estimate of drug-likeness (QED) is 0.170. The number of anilines is 3. The van der Waals surface area contributed by atoms with Crippen molar-refractivity contribution in [2.24, 2.45) is 0 Å². The van der Waals surface area contributed by atoms with Crippen molar-refractivity contribution < 1.29 is 0 Å². The molecule has 0 unspecified atom stereocenters. The Balaban J connectivity index is 0.903. The third-order valence-electron chi connectivity index (χ3n) is 10.6. The van der Waals surface area contributed by atoms with Crippen LogP contribution in [0.2, 0.25) is 0 Å². The summed E-state index contributed by atoms with van der Waals surface area (Å²) < 4.78 is 9.43. The molecule has 0 fully saturated rings. The van der Waals surface area contributed by atoms with Gasteiger partial charge in [-0.3, -0.25) is 0 Å². The largest absolute Gasteiger partial charge is 0.355 e. The third kappa shape index (κ3) is 6.96. The number of nitrogens with one attached hydrogen (secondary N) is 2. The first-order valence-corrected chi connectivity index (χ1v) is 20.4. The summed E-state index contributed by atoms with van der Waals surface area (Å²) in [5.41, 5.74) is 18.4. The van der Waals surface area contributed by atoms with Gasteiger partial charge in [-0.1, -0.05) is 78.6 Å². The number of H-pyrrole nitrogens is 2. The van der Waals surface area contributed by atoms with Gasteiger partial charge in [-0.15, -0.1) is 0 Å². The predicted molar refractivity (Wildman–Crippen MR) is 248 cm³/mol. The minimum atomic E-state index is 0.806. The molecule has 2 N–H and O–H groups in total. The Morgan fingerprint density at radius 3 is 1.62 bits per heavy atom. The Morgan fingerprint density at radius 1 is 0.433 bits per heavy atom. The lowest BCUT2D eigenvalue weighted by Gasteiger charge is -2.25. The summed E-state index contributed by atoms with van der Waals surface area (Å²) in [6.45, 7) is 0. The van der Waals surface area contributed by atoms with Crippen LogP contribution < -0.4 is 4.90 Å². The number of aromatic amines is 2. The van der Waals surface area contributed by atoms with Gasteiger partial charge in [-0.25, -0.2) is 9.97 Å².